The van der Waals surface area contributed by atoms with Gasteiger partial charge in [-0.25, -0.2) is 0 Å². The molecule has 0 spiro atoms. The van der Waals surface area contributed by atoms with Crippen LogP contribution in [0, 0.1) is 0 Å². The molecule has 2 fully saturated rings. The van der Waals surface area contributed by atoms with Crippen LogP contribution in [0.15, 0.2) is 0 Å². The zero-order valence-electron chi connectivity index (χ0n) is 12.4. The van der Waals surface area contributed by atoms with Gasteiger partial charge in [0.2, 0.25) is 0 Å². The lowest BCUT2D eigenvalue weighted by atomic mass is 10.4. The molecular weight excluding hydrogens is 280 g/mol. The van der Waals surface area contributed by atoms with Crippen molar-refractivity contribution >= 4 is 9.28 Å². The van der Waals surface area contributed by atoms with E-state index in [2.05, 4.69) is 0 Å². The van der Waals surface area contributed by atoms with Crippen LogP contribution >= 0.6 is 0 Å². The van der Waals surface area contributed by atoms with Crippen molar-refractivity contribution in [2.24, 2.45) is 0 Å². The third-order valence-corrected chi connectivity index (χ3v) is 5.30. The summed E-state index contributed by atoms with van der Waals surface area (Å²) in [6, 6.07) is 0.892. The minimum atomic E-state index is -1.58. The predicted octanol–water partition coefficient (Wildman–Crippen LogP) is 0.827. The Balaban J connectivity index is 1.65. The summed E-state index contributed by atoms with van der Waals surface area (Å²) in [5, 5.41) is 0. The maximum atomic E-state index is 5.76. The zero-order chi connectivity index (χ0) is 14.2. The van der Waals surface area contributed by atoms with Gasteiger partial charge in [0, 0.05) is 19.6 Å². The van der Waals surface area contributed by atoms with Crippen LogP contribution in [0.5, 0.6) is 0 Å². The van der Waals surface area contributed by atoms with Gasteiger partial charge in [-0.15, -0.1) is 0 Å². The fourth-order valence-corrected chi connectivity index (χ4v) is 3.55. The summed E-state index contributed by atoms with van der Waals surface area (Å²) in [6.07, 6.45) is 1.10. The van der Waals surface area contributed by atoms with E-state index in [-0.39, 0.29) is 18.5 Å². The molecule has 20 heavy (non-hydrogen) atoms. The highest BCUT2D eigenvalue weighted by Crippen LogP contribution is 2.17. The van der Waals surface area contributed by atoms with Crippen molar-refractivity contribution < 1.29 is 27.8 Å². The quantitative estimate of drug-likeness (QED) is 0.285. The Morgan fingerprint density at radius 2 is 1.50 bits per heavy atom. The van der Waals surface area contributed by atoms with Crippen molar-refractivity contribution in [3.63, 3.8) is 0 Å². The second-order valence-electron chi connectivity index (χ2n) is 4.92. The molecule has 2 saturated heterocycles. The molecule has 0 saturated carbocycles. The second-order valence-corrected chi connectivity index (χ2v) is 7.03. The van der Waals surface area contributed by atoms with Crippen molar-refractivity contribution in [2.75, 3.05) is 39.6 Å². The first-order chi connectivity index (χ1) is 9.81. The van der Waals surface area contributed by atoms with Crippen molar-refractivity contribution in [1.29, 1.82) is 0 Å². The summed E-state index contributed by atoms with van der Waals surface area (Å²) in [5.74, 6) is 0. The number of epoxide rings is 2. The van der Waals surface area contributed by atoms with Crippen LogP contribution in [0.25, 0.3) is 0 Å². The topological polar surface area (TPSA) is 62.0 Å². The smallest absolute Gasteiger partial charge is 0.321 e. The number of hydrogen-bond acceptors (Lipinski definition) is 6. The number of hydrogen-bond donors (Lipinski definition) is 0. The van der Waals surface area contributed by atoms with E-state index in [9.17, 15) is 0 Å². The first-order valence-corrected chi connectivity index (χ1v) is 9.27. The van der Waals surface area contributed by atoms with Gasteiger partial charge < -0.3 is 27.8 Å². The Morgan fingerprint density at radius 1 is 1.00 bits per heavy atom. The Morgan fingerprint density at radius 3 is 1.90 bits per heavy atom. The molecule has 0 aromatic rings. The molecule has 0 aromatic carbocycles. The summed E-state index contributed by atoms with van der Waals surface area (Å²) >= 11 is 0. The van der Waals surface area contributed by atoms with Crippen LogP contribution in [0.4, 0.5) is 0 Å². The lowest BCUT2D eigenvalue weighted by Gasteiger charge is -2.20. The highest BCUT2D eigenvalue weighted by molar-refractivity contribution is 6.44. The average molecular weight is 306 g/mol. The van der Waals surface area contributed by atoms with Crippen LogP contribution in [0.3, 0.4) is 0 Å². The van der Waals surface area contributed by atoms with E-state index in [1.807, 2.05) is 13.8 Å². The molecule has 2 aliphatic rings. The van der Waals surface area contributed by atoms with Gasteiger partial charge in [-0.05, 0) is 19.9 Å². The van der Waals surface area contributed by atoms with Crippen molar-refractivity contribution in [3.05, 3.63) is 0 Å². The number of rotatable bonds is 13. The monoisotopic (exact) mass is 306 g/mol. The van der Waals surface area contributed by atoms with Crippen molar-refractivity contribution in [2.45, 2.75) is 44.8 Å². The van der Waals surface area contributed by atoms with Gasteiger partial charge in [0.25, 0.3) is 0 Å². The largest absolute Gasteiger partial charge is 0.397 e. The van der Waals surface area contributed by atoms with E-state index in [1.165, 1.54) is 0 Å². The van der Waals surface area contributed by atoms with E-state index in [4.69, 9.17) is 27.8 Å². The molecule has 2 rings (SSSR count). The SMILES string of the molecule is CCO[SiH](CCC(OCC1CO1)OCC1CO1)OCC. The lowest BCUT2D eigenvalue weighted by molar-refractivity contribution is -0.148. The van der Waals surface area contributed by atoms with Crippen LogP contribution < -0.4 is 0 Å². The van der Waals surface area contributed by atoms with Gasteiger partial charge in [-0.3, -0.25) is 0 Å². The van der Waals surface area contributed by atoms with E-state index in [1.54, 1.807) is 0 Å². The predicted molar refractivity (Wildman–Crippen MR) is 75.0 cm³/mol. The Kier molecular flexibility index (Phi) is 7.43. The van der Waals surface area contributed by atoms with Gasteiger partial charge in [0.15, 0.2) is 6.29 Å². The fraction of sp³-hybridized carbons (Fsp3) is 1.00. The molecule has 7 heteroatoms. The Labute approximate surface area is 122 Å². The van der Waals surface area contributed by atoms with Gasteiger partial charge in [0.1, 0.15) is 12.2 Å². The van der Waals surface area contributed by atoms with E-state index in [0.29, 0.717) is 26.4 Å². The third-order valence-electron chi connectivity index (χ3n) is 3.08. The van der Waals surface area contributed by atoms with Crippen LogP contribution in [-0.4, -0.2) is 67.4 Å². The fourth-order valence-electron chi connectivity index (χ4n) is 1.83. The molecular formula is C13H26O6Si. The Hall–Kier alpha value is -0.0231. The van der Waals surface area contributed by atoms with Crippen molar-refractivity contribution in [3.8, 4) is 0 Å². The molecule has 0 radical (unpaired) electrons. The Bertz CT molecular complexity index is 237. The lowest BCUT2D eigenvalue weighted by Crippen LogP contribution is -2.28. The molecule has 2 heterocycles. The molecule has 2 aliphatic heterocycles. The number of ether oxygens (including phenoxy) is 4. The summed E-state index contributed by atoms with van der Waals surface area (Å²) in [5.41, 5.74) is 0. The highest BCUT2D eigenvalue weighted by Gasteiger charge is 2.28. The molecule has 0 aliphatic carbocycles. The minimum Gasteiger partial charge on any atom is -0.397 e. The maximum absolute atomic E-state index is 5.76. The van der Waals surface area contributed by atoms with Crippen molar-refractivity contribution in [1.82, 2.24) is 0 Å². The van der Waals surface area contributed by atoms with E-state index in [0.717, 1.165) is 25.7 Å². The van der Waals surface area contributed by atoms with Gasteiger partial charge in [0.05, 0.1) is 26.4 Å². The summed E-state index contributed by atoms with van der Waals surface area (Å²) < 4.78 is 33.2. The summed E-state index contributed by atoms with van der Waals surface area (Å²) in [7, 11) is -1.58. The third kappa shape index (κ3) is 7.12. The first kappa shape index (κ1) is 16.3. The average Bonchev–Trinajstić information content (AvgIpc) is 3.32. The minimum absolute atomic E-state index is 0.209. The standard InChI is InChI=1S/C13H26O6Si/c1-3-18-20(19-4-2)6-5-13(16-9-11-7-14-11)17-10-12-8-15-12/h11-13,20H,3-10H2,1-2H3. The molecule has 0 amide bonds. The molecule has 2 unspecified atom stereocenters. The molecule has 6 nitrogen and oxygen atoms in total. The molecule has 0 aromatic heterocycles. The molecule has 0 N–H and O–H groups in total. The van der Waals surface area contributed by atoms with Crippen LogP contribution in [-0.2, 0) is 27.8 Å². The van der Waals surface area contributed by atoms with E-state index >= 15 is 0 Å². The van der Waals surface area contributed by atoms with Gasteiger partial charge >= 0.3 is 9.28 Å². The van der Waals surface area contributed by atoms with Crippen LogP contribution in [0.2, 0.25) is 6.04 Å². The van der Waals surface area contributed by atoms with Gasteiger partial charge in [-0.1, -0.05) is 0 Å². The molecule has 118 valence electrons. The zero-order valence-corrected chi connectivity index (χ0v) is 13.6. The maximum Gasteiger partial charge on any atom is 0.321 e. The first-order valence-electron chi connectivity index (χ1n) is 7.51. The molecule has 2 atom stereocenters. The summed E-state index contributed by atoms with van der Waals surface area (Å²) in [4.78, 5) is 0. The van der Waals surface area contributed by atoms with Crippen LogP contribution in [0.1, 0.15) is 20.3 Å². The highest BCUT2D eigenvalue weighted by atomic mass is 28.3. The van der Waals surface area contributed by atoms with Gasteiger partial charge in [-0.2, -0.15) is 0 Å². The van der Waals surface area contributed by atoms with E-state index < -0.39 is 9.28 Å². The summed E-state index contributed by atoms with van der Waals surface area (Å²) in [6.45, 7) is 8.21. The normalized spacial score (nSPS) is 25.9. The second kappa shape index (κ2) is 9.09. The molecule has 0 bridgehead atoms.